The Hall–Kier alpha value is -2.04. The molecule has 7 nitrogen and oxygen atoms in total. The van der Waals surface area contributed by atoms with Crippen molar-refractivity contribution in [2.75, 3.05) is 5.32 Å². The summed E-state index contributed by atoms with van der Waals surface area (Å²) in [5.74, 6) is -0.549. The predicted molar refractivity (Wildman–Crippen MR) is 128 cm³/mol. The third kappa shape index (κ3) is 5.85. The van der Waals surface area contributed by atoms with E-state index in [0.717, 1.165) is 22.5 Å². The number of hydrogen-bond donors (Lipinski definition) is 2. The first-order valence-electron chi connectivity index (χ1n) is 9.59. The zero-order valence-corrected chi connectivity index (χ0v) is 21.0. The minimum atomic E-state index is -3.94. The minimum Gasteiger partial charge on any atom is -0.296 e. The van der Waals surface area contributed by atoms with Crippen molar-refractivity contribution in [2.45, 2.75) is 43.5 Å². The summed E-state index contributed by atoms with van der Waals surface area (Å²) >= 11 is 12.6. The van der Waals surface area contributed by atoms with Crippen LogP contribution in [-0.2, 0) is 15.4 Å². The van der Waals surface area contributed by atoms with Crippen LogP contribution in [-0.4, -0.2) is 24.5 Å². The quantitative estimate of drug-likeness (QED) is 0.428. The van der Waals surface area contributed by atoms with E-state index in [2.05, 4.69) is 41.0 Å². The largest absolute Gasteiger partial charge is 0.296 e. The van der Waals surface area contributed by atoms with E-state index in [1.165, 1.54) is 18.2 Å². The number of nitrogens with one attached hydrogen (secondary N) is 2. The van der Waals surface area contributed by atoms with Gasteiger partial charge in [-0.15, -0.1) is 10.2 Å². The third-order valence-electron chi connectivity index (χ3n) is 4.64. The van der Waals surface area contributed by atoms with Gasteiger partial charge >= 0.3 is 0 Å². The second-order valence-corrected chi connectivity index (χ2v) is 11.9. The van der Waals surface area contributed by atoms with Crippen LogP contribution in [0.5, 0.6) is 0 Å². The Balaban J connectivity index is 1.71. The molecule has 2 N–H and O–H groups in total. The molecule has 0 aliphatic heterocycles. The summed E-state index contributed by atoms with van der Waals surface area (Å²) in [5, 5.41) is 10.6. The molecule has 170 valence electrons. The number of hydrogen-bond acceptors (Lipinski definition) is 6. The highest BCUT2D eigenvalue weighted by Crippen LogP contribution is 2.27. The van der Waals surface area contributed by atoms with Crippen LogP contribution in [0.25, 0.3) is 0 Å². The highest BCUT2D eigenvalue weighted by molar-refractivity contribution is 7.91. The molecule has 0 fully saturated rings. The molecule has 1 atom stereocenters. The lowest BCUT2D eigenvalue weighted by molar-refractivity contribution is 0.102. The summed E-state index contributed by atoms with van der Waals surface area (Å²) in [4.78, 5) is 12.4. The molecule has 3 rings (SSSR count). The number of carbonyl (C=O) groups excluding carboxylic acids is 1. The summed E-state index contributed by atoms with van der Waals surface area (Å²) in [6.45, 7) is 8.08. The normalized spacial score (nSPS) is 13.1. The molecule has 2 aromatic carbocycles. The lowest BCUT2D eigenvalue weighted by Crippen LogP contribution is -2.27. The fourth-order valence-electron chi connectivity index (χ4n) is 2.83. The number of amides is 1. The highest BCUT2D eigenvalue weighted by Gasteiger charge is 2.24. The Bertz CT molecular complexity index is 1240. The Morgan fingerprint density at radius 3 is 2.31 bits per heavy atom. The van der Waals surface area contributed by atoms with Crippen molar-refractivity contribution in [3.05, 3.63) is 69.2 Å². The maximum Gasteiger partial charge on any atom is 0.270 e. The molecule has 0 saturated carbocycles. The van der Waals surface area contributed by atoms with Gasteiger partial charge in [-0.2, -0.15) is 0 Å². The van der Waals surface area contributed by atoms with Crippen LogP contribution in [0.4, 0.5) is 5.13 Å². The number of nitrogens with zero attached hydrogens (tertiary/aromatic N) is 2. The SMILES string of the molecule is CC(NS(=O)(=O)c1nnc(NC(=O)c2ccc(Cl)cc2Cl)s1)c1ccc(C(C)(C)C)cc1. The van der Waals surface area contributed by atoms with E-state index in [4.69, 9.17) is 23.2 Å². The summed E-state index contributed by atoms with van der Waals surface area (Å²) in [5.41, 5.74) is 2.16. The number of rotatable bonds is 6. The summed E-state index contributed by atoms with van der Waals surface area (Å²) in [6.07, 6.45) is 0. The van der Waals surface area contributed by atoms with E-state index in [1.807, 2.05) is 24.3 Å². The minimum absolute atomic E-state index is 0.00487. The molecule has 32 heavy (non-hydrogen) atoms. The predicted octanol–water partition coefficient (Wildman–Crippen LogP) is 5.43. The summed E-state index contributed by atoms with van der Waals surface area (Å²) < 4.78 is 27.8. The Morgan fingerprint density at radius 1 is 1.06 bits per heavy atom. The summed E-state index contributed by atoms with van der Waals surface area (Å²) in [7, 11) is -3.94. The molecule has 0 spiro atoms. The standard InChI is InChI=1S/C21H22Cl2N4O3S2/c1-12(13-5-7-14(8-6-13)21(2,3)4)27-32(29,30)20-26-25-19(31-20)24-18(28)16-10-9-15(22)11-17(16)23/h5-12,27H,1-4H3,(H,24,25,28). The van der Waals surface area contributed by atoms with Gasteiger partial charge in [-0.05, 0) is 41.7 Å². The number of benzene rings is 2. The average molecular weight is 513 g/mol. The molecule has 0 radical (unpaired) electrons. The van der Waals surface area contributed by atoms with E-state index >= 15 is 0 Å². The number of carbonyl (C=O) groups is 1. The van der Waals surface area contributed by atoms with E-state index in [1.54, 1.807) is 6.92 Å². The molecule has 11 heteroatoms. The van der Waals surface area contributed by atoms with E-state index in [-0.39, 0.29) is 25.5 Å². The molecule has 0 bridgehead atoms. The van der Waals surface area contributed by atoms with E-state index in [0.29, 0.717) is 5.02 Å². The molecule has 1 heterocycles. The molecule has 1 amide bonds. The van der Waals surface area contributed by atoms with Gasteiger partial charge in [0.25, 0.3) is 15.9 Å². The lowest BCUT2D eigenvalue weighted by Gasteiger charge is -2.20. The maximum absolute atomic E-state index is 12.8. The van der Waals surface area contributed by atoms with Crippen molar-refractivity contribution >= 4 is 55.6 Å². The van der Waals surface area contributed by atoms with Gasteiger partial charge in [-0.3, -0.25) is 10.1 Å². The first-order valence-corrected chi connectivity index (χ1v) is 12.6. The van der Waals surface area contributed by atoms with Crippen LogP contribution in [0.2, 0.25) is 10.0 Å². The van der Waals surface area contributed by atoms with Gasteiger partial charge in [0.15, 0.2) is 0 Å². The highest BCUT2D eigenvalue weighted by atomic mass is 35.5. The lowest BCUT2D eigenvalue weighted by atomic mass is 9.86. The number of aromatic nitrogens is 2. The second-order valence-electron chi connectivity index (χ2n) is 8.17. The van der Waals surface area contributed by atoms with Gasteiger partial charge < -0.3 is 0 Å². The average Bonchev–Trinajstić information content (AvgIpc) is 3.16. The number of anilines is 1. The van der Waals surface area contributed by atoms with Crippen LogP contribution >= 0.6 is 34.5 Å². The molecule has 1 aromatic heterocycles. The van der Waals surface area contributed by atoms with Crippen LogP contribution < -0.4 is 10.0 Å². The van der Waals surface area contributed by atoms with Gasteiger partial charge in [0.1, 0.15) is 0 Å². The van der Waals surface area contributed by atoms with Gasteiger partial charge in [-0.25, -0.2) is 13.1 Å². The molecule has 1 unspecified atom stereocenters. The van der Waals surface area contributed by atoms with Crippen LogP contribution in [0, 0.1) is 0 Å². The van der Waals surface area contributed by atoms with Crippen molar-refractivity contribution < 1.29 is 13.2 Å². The fourth-order valence-corrected chi connectivity index (χ4v) is 5.47. The third-order valence-corrected chi connectivity index (χ3v) is 7.94. The Morgan fingerprint density at radius 2 is 1.72 bits per heavy atom. The molecule has 3 aromatic rings. The first kappa shape index (κ1) is 24.6. The number of halogens is 2. The van der Waals surface area contributed by atoms with E-state index in [9.17, 15) is 13.2 Å². The van der Waals surface area contributed by atoms with Crippen molar-refractivity contribution in [1.82, 2.24) is 14.9 Å². The maximum atomic E-state index is 12.8. The first-order chi connectivity index (χ1) is 14.9. The zero-order valence-electron chi connectivity index (χ0n) is 17.8. The topological polar surface area (TPSA) is 101 Å². The van der Waals surface area contributed by atoms with Crippen molar-refractivity contribution in [2.24, 2.45) is 0 Å². The van der Waals surface area contributed by atoms with Crippen LogP contribution in [0.1, 0.15) is 55.2 Å². The molecule has 0 saturated heterocycles. The van der Waals surface area contributed by atoms with Gasteiger partial charge in [0, 0.05) is 11.1 Å². The Kier molecular flexibility index (Phi) is 7.26. The molecular formula is C21H22Cl2N4O3S2. The zero-order chi connectivity index (χ0) is 23.7. The number of sulfonamides is 1. The monoisotopic (exact) mass is 512 g/mol. The van der Waals surface area contributed by atoms with Crippen LogP contribution in [0.15, 0.2) is 46.8 Å². The summed E-state index contributed by atoms with van der Waals surface area (Å²) in [6, 6.07) is 11.7. The van der Waals surface area contributed by atoms with Gasteiger partial charge in [0.2, 0.25) is 9.47 Å². The fraction of sp³-hybridized carbons (Fsp3) is 0.286. The molecule has 0 aliphatic carbocycles. The smallest absolute Gasteiger partial charge is 0.270 e. The van der Waals surface area contributed by atoms with Crippen molar-refractivity contribution in [1.29, 1.82) is 0 Å². The Labute approximate surface area is 201 Å². The molecular weight excluding hydrogens is 491 g/mol. The van der Waals surface area contributed by atoms with Gasteiger partial charge in [-0.1, -0.05) is 79.6 Å². The van der Waals surface area contributed by atoms with Gasteiger partial charge in [0.05, 0.1) is 10.6 Å². The van der Waals surface area contributed by atoms with Crippen LogP contribution in [0.3, 0.4) is 0 Å². The van der Waals surface area contributed by atoms with E-state index < -0.39 is 22.0 Å². The van der Waals surface area contributed by atoms with Crippen molar-refractivity contribution in [3.8, 4) is 0 Å². The second kappa shape index (κ2) is 9.44. The molecule has 0 aliphatic rings. The van der Waals surface area contributed by atoms with Crippen molar-refractivity contribution in [3.63, 3.8) is 0 Å².